The van der Waals surface area contributed by atoms with Gasteiger partial charge in [0.25, 0.3) is 0 Å². The topological polar surface area (TPSA) is 26.0 Å². The van der Waals surface area contributed by atoms with Crippen LogP contribution in [0.15, 0.2) is 29.2 Å². The van der Waals surface area contributed by atoms with E-state index in [2.05, 4.69) is 45.0 Å². The van der Waals surface area contributed by atoms with Gasteiger partial charge in [-0.1, -0.05) is 39.0 Å². The van der Waals surface area contributed by atoms with Gasteiger partial charge in [-0.25, -0.2) is 0 Å². The highest BCUT2D eigenvalue weighted by Gasteiger charge is 2.21. The van der Waals surface area contributed by atoms with Gasteiger partial charge in [-0.05, 0) is 17.4 Å². The average Bonchev–Trinajstić information content (AvgIpc) is 2.19. The number of rotatable bonds is 4. The molecule has 1 nitrogen and oxygen atoms in total. The van der Waals surface area contributed by atoms with Gasteiger partial charge in [-0.3, -0.25) is 0 Å². The number of thioether (sulfide) groups is 1. The second kappa shape index (κ2) is 4.85. The molecule has 1 aromatic rings. The van der Waals surface area contributed by atoms with Gasteiger partial charge in [0, 0.05) is 16.9 Å². The summed E-state index contributed by atoms with van der Waals surface area (Å²) in [4.78, 5) is 1.37. The normalized spacial score (nSPS) is 11.7. The van der Waals surface area contributed by atoms with E-state index < -0.39 is 0 Å². The summed E-state index contributed by atoms with van der Waals surface area (Å²) >= 11 is 1.89. The minimum atomic E-state index is 0.0821. The van der Waals surface area contributed by atoms with Crippen LogP contribution in [0.5, 0.6) is 0 Å². The van der Waals surface area contributed by atoms with Crippen molar-refractivity contribution in [3.05, 3.63) is 29.8 Å². The third kappa shape index (κ3) is 2.52. The molecule has 78 valence electrons. The Hall–Kier alpha value is -0.470. The van der Waals surface area contributed by atoms with Crippen LogP contribution in [0.1, 0.15) is 26.3 Å². The van der Waals surface area contributed by atoms with Gasteiger partial charge in [-0.15, -0.1) is 11.8 Å². The molecule has 0 aliphatic rings. The minimum Gasteiger partial charge on any atom is -0.330 e. The third-order valence-corrected chi connectivity index (χ3v) is 3.38. The maximum atomic E-state index is 5.79. The molecule has 0 radical (unpaired) electrons. The first-order chi connectivity index (χ1) is 6.61. The van der Waals surface area contributed by atoms with E-state index in [1.807, 2.05) is 11.8 Å². The lowest BCUT2D eigenvalue weighted by Crippen LogP contribution is -2.28. The van der Waals surface area contributed by atoms with Crippen LogP contribution in [0.25, 0.3) is 0 Å². The zero-order chi connectivity index (χ0) is 10.6. The Morgan fingerprint density at radius 3 is 2.50 bits per heavy atom. The molecule has 0 saturated heterocycles. The maximum Gasteiger partial charge on any atom is 0.0110 e. The van der Waals surface area contributed by atoms with Crippen LogP contribution < -0.4 is 5.73 Å². The summed E-state index contributed by atoms with van der Waals surface area (Å²) in [6.07, 6.45) is 0. The molecule has 0 atom stereocenters. The molecule has 1 aromatic carbocycles. The lowest BCUT2D eigenvalue weighted by molar-refractivity contribution is 0.529. The van der Waals surface area contributed by atoms with E-state index in [9.17, 15) is 0 Å². The SMILES string of the molecule is CCSc1ccccc1C(C)(C)CN. The summed E-state index contributed by atoms with van der Waals surface area (Å²) in [5.74, 6) is 1.11. The Morgan fingerprint density at radius 1 is 1.29 bits per heavy atom. The molecule has 0 heterocycles. The fourth-order valence-electron chi connectivity index (χ4n) is 1.42. The van der Waals surface area contributed by atoms with Crippen molar-refractivity contribution in [3.8, 4) is 0 Å². The maximum absolute atomic E-state index is 5.79. The van der Waals surface area contributed by atoms with Gasteiger partial charge in [0.05, 0.1) is 0 Å². The minimum absolute atomic E-state index is 0.0821. The molecule has 0 aromatic heterocycles. The first-order valence-corrected chi connectivity index (χ1v) is 6.02. The van der Waals surface area contributed by atoms with Crippen molar-refractivity contribution in [1.29, 1.82) is 0 Å². The summed E-state index contributed by atoms with van der Waals surface area (Å²) in [5.41, 5.74) is 7.25. The Kier molecular flexibility index (Phi) is 4.02. The van der Waals surface area contributed by atoms with Crippen molar-refractivity contribution in [3.63, 3.8) is 0 Å². The van der Waals surface area contributed by atoms with Crippen LogP contribution in [0.2, 0.25) is 0 Å². The van der Waals surface area contributed by atoms with Crippen LogP contribution in [-0.4, -0.2) is 12.3 Å². The largest absolute Gasteiger partial charge is 0.330 e. The van der Waals surface area contributed by atoms with Crippen molar-refractivity contribution < 1.29 is 0 Å². The number of nitrogens with two attached hydrogens (primary N) is 1. The average molecular weight is 209 g/mol. The fraction of sp³-hybridized carbons (Fsp3) is 0.500. The van der Waals surface area contributed by atoms with Crippen LogP contribution in [0.4, 0.5) is 0 Å². The first-order valence-electron chi connectivity index (χ1n) is 5.04. The van der Waals surface area contributed by atoms with Crippen LogP contribution in [0, 0.1) is 0 Å². The van der Waals surface area contributed by atoms with Gasteiger partial charge in [0.2, 0.25) is 0 Å². The summed E-state index contributed by atoms with van der Waals surface area (Å²) in [6, 6.07) is 8.55. The molecular weight excluding hydrogens is 190 g/mol. The quantitative estimate of drug-likeness (QED) is 0.771. The van der Waals surface area contributed by atoms with Gasteiger partial charge >= 0.3 is 0 Å². The molecule has 0 spiro atoms. The molecule has 2 heteroatoms. The van der Waals surface area contributed by atoms with Crippen molar-refractivity contribution in [2.24, 2.45) is 5.73 Å². The zero-order valence-corrected chi connectivity index (χ0v) is 10.0. The van der Waals surface area contributed by atoms with Crippen LogP contribution in [-0.2, 0) is 5.41 Å². The van der Waals surface area contributed by atoms with E-state index in [1.54, 1.807) is 0 Å². The van der Waals surface area contributed by atoms with E-state index in [4.69, 9.17) is 5.73 Å². The molecule has 0 fully saturated rings. The van der Waals surface area contributed by atoms with E-state index in [0.29, 0.717) is 6.54 Å². The van der Waals surface area contributed by atoms with E-state index >= 15 is 0 Å². The summed E-state index contributed by atoms with van der Waals surface area (Å²) in [6.45, 7) is 7.26. The number of hydrogen-bond donors (Lipinski definition) is 1. The molecule has 1 rings (SSSR count). The highest BCUT2D eigenvalue weighted by Crippen LogP contribution is 2.31. The lowest BCUT2D eigenvalue weighted by atomic mass is 9.85. The summed E-state index contributed by atoms with van der Waals surface area (Å²) < 4.78 is 0. The summed E-state index contributed by atoms with van der Waals surface area (Å²) in [7, 11) is 0. The molecular formula is C12H19NS. The molecule has 2 N–H and O–H groups in total. The lowest BCUT2D eigenvalue weighted by Gasteiger charge is -2.25. The van der Waals surface area contributed by atoms with Crippen LogP contribution in [0.3, 0.4) is 0 Å². The second-order valence-electron chi connectivity index (χ2n) is 4.02. The molecule has 0 amide bonds. The Morgan fingerprint density at radius 2 is 1.93 bits per heavy atom. The fourth-order valence-corrected chi connectivity index (χ4v) is 2.40. The number of benzene rings is 1. The molecule has 0 aliphatic carbocycles. The van der Waals surface area contributed by atoms with Crippen molar-refractivity contribution in [2.75, 3.05) is 12.3 Å². The van der Waals surface area contributed by atoms with Gasteiger partial charge in [0.15, 0.2) is 0 Å². The Labute approximate surface area is 91.1 Å². The number of hydrogen-bond acceptors (Lipinski definition) is 2. The second-order valence-corrected chi connectivity index (χ2v) is 5.32. The molecule has 0 saturated carbocycles. The molecule has 14 heavy (non-hydrogen) atoms. The predicted octanol–water partition coefficient (Wildman–Crippen LogP) is 3.03. The van der Waals surface area contributed by atoms with Gasteiger partial charge in [0.1, 0.15) is 0 Å². The summed E-state index contributed by atoms with van der Waals surface area (Å²) in [5, 5.41) is 0. The monoisotopic (exact) mass is 209 g/mol. The zero-order valence-electron chi connectivity index (χ0n) is 9.21. The third-order valence-electron chi connectivity index (χ3n) is 2.43. The van der Waals surface area contributed by atoms with E-state index in [1.165, 1.54) is 10.5 Å². The smallest absolute Gasteiger partial charge is 0.0110 e. The molecule has 0 unspecified atom stereocenters. The molecule has 0 bridgehead atoms. The molecule has 0 aliphatic heterocycles. The van der Waals surface area contributed by atoms with Crippen LogP contribution >= 0.6 is 11.8 Å². The Bertz CT molecular complexity index is 294. The van der Waals surface area contributed by atoms with Crippen molar-refractivity contribution in [1.82, 2.24) is 0 Å². The van der Waals surface area contributed by atoms with Crippen molar-refractivity contribution >= 4 is 11.8 Å². The highest BCUT2D eigenvalue weighted by atomic mass is 32.2. The first kappa shape index (κ1) is 11.6. The Balaban J connectivity index is 3.06. The van der Waals surface area contributed by atoms with E-state index in [-0.39, 0.29) is 5.41 Å². The van der Waals surface area contributed by atoms with Gasteiger partial charge < -0.3 is 5.73 Å². The van der Waals surface area contributed by atoms with E-state index in [0.717, 1.165) is 5.75 Å². The highest BCUT2D eigenvalue weighted by molar-refractivity contribution is 7.99. The predicted molar refractivity (Wildman–Crippen MR) is 64.9 cm³/mol. The van der Waals surface area contributed by atoms with Crippen molar-refractivity contribution in [2.45, 2.75) is 31.1 Å². The standard InChI is InChI=1S/C12H19NS/c1-4-14-11-8-6-5-7-10(11)12(2,3)9-13/h5-8H,4,9,13H2,1-3H3. The van der Waals surface area contributed by atoms with Gasteiger partial charge in [-0.2, -0.15) is 0 Å².